The molecule has 0 bridgehead atoms. The van der Waals surface area contributed by atoms with E-state index in [4.69, 9.17) is 18.9 Å². The zero-order chi connectivity index (χ0) is 18.9. The van der Waals surface area contributed by atoms with Crippen LogP contribution in [-0.4, -0.2) is 64.3 Å². The lowest BCUT2D eigenvalue weighted by atomic mass is 9.96. The third-order valence-corrected chi connectivity index (χ3v) is 3.24. The van der Waals surface area contributed by atoms with Crippen molar-refractivity contribution in [3.05, 3.63) is 0 Å². The molecular formula is C18H36O6. The molecule has 0 aromatic heterocycles. The summed E-state index contributed by atoms with van der Waals surface area (Å²) < 4.78 is 23.8. The van der Waals surface area contributed by atoms with Crippen LogP contribution in [0.1, 0.15) is 62.3 Å². The van der Waals surface area contributed by atoms with E-state index in [0.717, 1.165) is 0 Å². The monoisotopic (exact) mass is 348 g/mol. The predicted octanol–water partition coefficient (Wildman–Crippen LogP) is 2.25. The summed E-state index contributed by atoms with van der Waals surface area (Å²) in [5.41, 5.74) is -1.47. The van der Waals surface area contributed by atoms with E-state index in [1.54, 1.807) is 0 Å². The van der Waals surface area contributed by atoms with Crippen LogP contribution in [0.15, 0.2) is 0 Å². The van der Waals surface area contributed by atoms with Crippen molar-refractivity contribution in [2.24, 2.45) is 0 Å². The van der Waals surface area contributed by atoms with Gasteiger partial charge in [0.2, 0.25) is 0 Å². The first-order valence-corrected chi connectivity index (χ1v) is 8.61. The average molecular weight is 348 g/mol. The molecule has 5 atom stereocenters. The van der Waals surface area contributed by atoms with Crippen molar-refractivity contribution in [1.82, 2.24) is 0 Å². The number of rotatable bonds is 4. The fourth-order valence-electron chi connectivity index (χ4n) is 2.58. The lowest BCUT2D eigenvalue weighted by molar-refractivity contribution is -0.347. The Kier molecular flexibility index (Phi) is 6.87. The molecule has 24 heavy (non-hydrogen) atoms. The van der Waals surface area contributed by atoms with Gasteiger partial charge in [-0.05, 0) is 62.3 Å². The molecule has 0 radical (unpaired) electrons. The molecule has 1 rings (SSSR count). The van der Waals surface area contributed by atoms with Crippen LogP contribution in [0.25, 0.3) is 0 Å². The van der Waals surface area contributed by atoms with Gasteiger partial charge in [0.25, 0.3) is 0 Å². The standard InChI is InChI=1S/C18H36O6/c1-16(2,3)22-13-11(10-19)21-15(24-18(7,8)9)12(20)14(13)23-17(4,5)6/h11-15,19-20H,10H2,1-9H3. The maximum Gasteiger partial charge on any atom is 0.187 e. The second-order valence-corrected chi connectivity index (χ2v) is 9.34. The van der Waals surface area contributed by atoms with Gasteiger partial charge < -0.3 is 29.2 Å². The van der Waals surface area contributed by atoms with Crippen LogP contribution in [-0.2, 0) is 18.9 Å². The van der Waals surface area contributed by atoms with Crippen LogP contribution in [0, 0.1) is 0 Å². The Balaban J connectivity index is 3.12. The van der Waals surface area contributed by atoms with Crippen molar-refractivity contribution in [2.75, 3.05) is 6.61 Å². The summed E-state index contributed by atoms with van der Waals surface area (Å²) in [6.07, 6.45) is -3.85. The highest BCUT2D eigenvalue weighted by molar-refractivity contribution is 4.94. The van der Waals surface area contributed by atoms with E-state index in [1.165, 1.54) is 0 Å². The van der Waals surface area contributed by atoms with E-state index in [9.17, 15) is 10.2 Å². The molecular weight excluding hydrogens is 312 g/mol. The van der Waals surface area contributed by atoms with E-state index in [0.29, 0.717) is 0 Å². The van der Waals surface area contributed by atoms with Crippen LogP contribution >= 0.6 is 0 Å². The molecule has 1 heterocycles. The molecule has 1 aliphatic rings. The minimum atomic E-state index is -1.03. The number of hydrogen-bond acceptors (Lipinski definition) is 6. The lowest BCUT2D eigenvalue weighted by Crippen LogP contribution is -2.64. The van der Waals surface area contributed by atoms with E-state index in [2.05, 4.69) is 0 Å². The predicted molar refractivity (Wildman–Crippen MR) is 91.8 cm³/mol. The van der Waals surface area contributed by atoms with E-state index in [-0.39, 0.29) is 6.61 Å². The Morgan fingerprint density at radius 2 is 1.17 bits per heavy atom. The second-order valence-electron chi connectivity index (χ2n) is 9.34. The topological polar surface area (TPSA) is 77.4 Å². The summed E-state index contributed by atoms with van der Waals surface area (Å²) in [6.45, 7) is 16.9. The SMILES string of the molecule is CC(C)(C)OC1OC(CO)C(OC(C)(C)C)C(OC(C)(C)C)C1O. The van der Waals surface area contributed by atoms with Gasteiger partial charge in [-0.25, -0.2) is 0 Å². The quantitative estimate of drug-likeness (QED) is 0.811. The van der Waals surface area contributed by atoms with Crippen molar-refractivity contribution in [3.63, 3.8) is 0 Å². The van der Waals surface area contributed by atoms with Gasteiger partial charge in [-0.15, -0.1) is 0 Å². The van der Waals surface area contributed by atoms with Crippen LogP contribution < -0.4 is 0 Å². The second kappa shape index (κ2) is 7.56. The van der Waals surface area contributed by atoms with Crippen LogP contribution in [0.2, 0.25) is 0 Å². The Labute approximate surface area is 146 Å². The minimum Gasteiger partial charge on any atom is -0.394 e. The van der Waals surface area contributed by atoms with Gasteiger partial charge >= 0.3 is 0 Å². The van der Waals surface area contributed by atoms with Gasteiger partial charge in [0, 0.05) is 0 Å². The molecule has 5 unspecified atom stereocenters. The molecule has 1 aliphatic heterocycles. The first-order valence-electron chi connectivity index (χ1n) is 8.61. The smallest absolute Gasteiger partial charge is 0.187 e. The van der Waals surface area contributed by atoms with Crippen LogP contribution in [0.3, 0.4) is 0 Å². The third-order valence-electron chi connectivity index (χ3n) is 3.24. The number of ether oxygens (including phenoxy) is 4. The first-order chi connectivity index (χ1) is 10.6. The van der Waals surface area contributed by atoms with E-state index >= 15 is 0 Å². The Bertz CT molecular complexity index is 390. The molecule has 6 heteroatoms. The minimum absolute atomic E-state index is 0.249. The highest BCUT2D eigenvalue weighted by atomic mass is 16.7. The fraction of sp³-hybridized carbons (Fsp3) is 1.00. The van der Waals surface area contributed by atoms with Gasteiger partial charge in [0.1, 0.15) is 24.4 Å². The van der Waals surface area contributed by atoms with Crippen LogP contribution in [0.4, 0.5) is 0 Å². The summed E-state index contributed by atoms with van der Waals surface area (Å²) in [7, 11) is 0. The van der Waals surface area contributed by atoms with Crippen LogP contribution in [0.5, 0.6) is 0 Å². The van der Waals surface area contributed by atoms with Gasteiger partial charge in [0.15, 0.2) is 6.29 Å². The van der Waals surface area contributed by atoms with Crippen molar-refractivity contribution >= 4 is 0 Å². The molecule has 2 N–H and O–H groups in total. The van der Waals surface area contributed by atoms with Crippen molar-refractivity contribution in [3.8, 4) is 0 Å². The third kappa shape index (κ3) is 6.94. The summed E-state index contributed by atoms with van der Waals surface area (Å²) in [6, 6.07) is 0. The molecule has 1 fully saturated rings. The highest BCUT2D eigenvalue weighted by Crippen LogP contribution is 2.33. The maximum absolute atomic E-state index is 10.8. The molecule has 6 nitrogen and oxygen atoms in total. The van der Waals surface area contributed by atoms with Gasteiger partial charge in [-0.3, -0.25) is 0 Å². The molecule has 0 amide bonds. The molecule has 0 aliphatic carbocycles. The van der Waals surface area contributed by atoms with Crippen molar-refractivity contribution in [1.29, 1.82) is 0 Å². The zero-order valence-electron chi connectivity index (χ0n) is 16.6. The number of aliphatic hydroxyl groups excluding tert-OH is 2. The summed E-state index contributed by atoms with van der Waals surface area (Å²) in [5, 5.41) is 20.6. The Hall–Kier alpha value is -0.240. The van der Waals surface area contributed by atoms with E-state index < -0.39 is 47.5 Å². The lowest BCUT2D eigenvalue weighted by Gasteiger charge is -2.48. The Morgan fingerprint density at radius 3 is 1.54 bits per heavy atom. The molecule has 0 aromatic rings. The van der Waals surface area contributed by atoms with Gasteiger partial charge in [0.05, 0.1) is 23.4 Å². The maximum atomic E-state index is 10.8. The summed E-state index contributed by atoms with van der Waals surface area (Å²) in [4.78, 5) is 0. The number of hydrogen-bond donors (Lipinski definition) is 2. The van der Waals surface area contributed by atoms with Gasteiger partial charge in [-0.2, -0.15) is 0 Å². The molecule has 0 aromatic carbocycles. The molecule has 144 valence electrons. The first kappa shape index (κ1) is 21.8. The Morgan fingerprint density at radius 1 is 0.750 bits per heavy atom. The molecule has 0 spiro atoms. The molecule has 1 saturated heterocycles. The van der Waals surface area contributed by atoms with Crippen molar-refractivity contribution < 1.29 is 29.2 Å². The average Bonchev–Trinajstić information content (AvgIpc) is 2.32. The van der Waals surface area contributed by atoms with Gasteiger partial charge in [-0.1, -0.05) is 0 Å². The number of aliphatic hydroxyl groups is 2. The zero-order valence-corrected chi connectivity index (χ0v) is 16.6. The molecule has 0 saturated carbocycles. The summed E-state index contributed by atoms with van der Waals surface area (Å²) >= 11 is 0. The largest absolute Gasteiger partial charge is 0.394 e. The fourth-order valence-corrected chi connectivity index (χ4v) is 2.58. The normalized spacial score (nSPS) is 32.9. The van der Waals surface area contributed by atoms with Crippen molar-refractivity contribution in [2.45, 2.75) is 110 Å². The summed E-state index contributed by atoms with van der Waals surface area (Å²) in [5.74, 6) is 0. The van der Waals surface area contributed by atoms with E-state index in [1.807, 2.05) is 62.3 Å². The highest BCUT2D eigenvalue weighted by Gasteiger charge is 2.50.